The fourth-order valence-electron chi connectivity index (χ4n) is 2.15. The summed E-state index contributed by atoms with van der Waals surface area (Å²) in [6, 6.07) is 4.84. The Morgan fingerprint density at radius 1 is 1.45 bits per heavy atom. The van der Waals surface area contributed by atoms with Crippen LogP contribution in [0.1, 0.15) is 25.0 Å². The summed E-state index contributed by atoms with van der Waals surface area (Å²) in [6.07, 6.45) is -0.733. The number of fused-ring (bicyclic) bond motifs is 1. The molecule has 0 fully saturated rings. The van der Waals surface area contributed by atoms with Crippen molar-refractivity contribution in [1.29, 1.82) is 0 Å². The van der Waals surface area contributed by atoms with E-state index >= 15 is 0 Å². The molecule has 1 aromatic rings. The van der Waals surface area contributed by atoms with Crippen molar-refractivity contribution in [2.45, 2.75) is 25.5 Å². The Labute approximate surface area is 117 Å². The van der Waals surface area contributed by atoms with Crippen LogP contribution >= 0.6 is 0 Å². The Hall–Kier alpha value is -1.79. The van der Waals surface area contributed by atoms with Crippen LogP contribution in [0.4, 0.5) is 0 Å². The average molecular weight is 281 g/mol. The van der Waals surface area contributed by atoms with Crippen molar-refractivity contribution in [3.05, 3.63) is 23.8 Å². The molecule has 2 unspecified atom stereocenters. The summed E-state index contributed by atoms with van der Waals surface area (Å²) in [5.74, 6) is 0.902. The fourth-order valence-corrected chi connectivity index (χ4v) is 2.15. The quantitative estimate of drug-likeness (QED) is 0.757. The van der Waals surface area contributed by atoms with Crippen molar-refractivity contribution in [2.75, 3.05) is 20.4 Å². The number of hydrogen-bond acceptors (Lipinski definition) is 6. The van der Waals surface area contributed by atoms with Gasteiger partial charge in [-0.05, 0) is 24.2 Å². The van der Waals surface area contributed by atoms with Crippen LogP contribution in [0.2, 0.25) is 0 Å². The highest BCUT2D eigenvalue weighted by Gasteiger charge is 2.25. The molecule has 2 atom stereocenters. The number of esters is 1. The zero-order valence-corrected chi connectivity index (χ0v) is 11.6. The topological polar surface area (TPSA) is 77.0 Å². The first-order valence-corrected chi connectivity index (χ1v) is 6.53. The van der Waals surface area contributed by atoms with E-state index in [9.17, 15) is 9.90 Å². The van der Waals surface area contributed by atoms with Crippen molar-refractivity contribution in [2.24, 2.45) is 0 Å². The third-order valence-corrected chi connectivity index (χ3v) is 3.20. The zero-order valence-electron chi connectivity index (χ0n) is 11.6. The smallest absolute Gasteiger partial charge is 0.307 e. The van der Waals surface area contributed by atoms with Crippen molar-refractivity contribution < 1.29 is 24.1 Å². The Kier molecular flexibility index (Phi) is 4.81. The lowest BCUT2D eigenvalue weighted by Gasteiger charge is -2.23. The van der Waals surface area contributed by atoms with Crippen LogP contribution < -0.4 is 14.8 Å². The maximum atomic E-state index is 11.4. The molecule has 0 amide bonds. The lowest BCUT2D eigenvalue weighted by atomic mass is 9.99. The molecule has 20 heavy (non-hydrogen) atoms. The first-order valence-electron chi connectivity index (χ1n) is 6.53. The molecule has 0 spiro atoms. The normalized spacial score (nSPS) is 15.8. The Balaban J connectivity index is 2.13. The number of likely N-dealkylation sites (N-methyl/N-ethyl adjacent to an activating group) is 1. The van der Waals surface area contributed by atoms with Gasteiger partial charge in [0.1, 0.15) is 0 Å². The van der Waals surface area contributed by atoms with E-state index in [2.05, 4.69) is 10.1 Å². The zero-order chi connectivity index (χ0) is 14.5. The van der Waals surface area contributed by atoms with Gasteiger partial charge in [0.2, 0.25) is 6.79 Å². The molecular formula is C14H19NO5. The molecule has 0 saturated carbocycles. The first-order chi connectivity index (χ1) is 9.65. The molecule has 6 nitrogen and oxygen atoms in total. The highest BCUT2D eigenvalue weighted by atomic mass is 16.7. The van der Waals surface area contributed by atoms with Gasteiger partial charge in [-0.15, -0.1) is 0 Å². The second-order valence-electron chi connectivity index (χ2n) is 4.50. The second-order valence-corrected chi connectivity index (χ2v) is 4.50. The summed E-state index contributed by atoms with van der Waals surface area (Å²) in [5, 5.41) is 13.5. The minimum Gasteiger partial charge on any atom is -0.469 e. The lowest BCUT2D eigenvalue weighted by molar-refractivity contribution is -0.142. The van der Waals surface area contributed by atoms with Crippen molar-refractivity contribution in [3.8, 4) is 11.5 Å². The van der Waals surface area contributed by atoms with Gasteiger partial charge in [0.15, 0.2) is 11.5 Å². The van der Waals surface area contributed by atoms with Crippen molar-refractivity contribution in [3.63, 3.8) is 0 Å². The number of rotatable bonds is 6. The van der Waals surface area contributed by atoms with Crippen LogP contribution in [0.5, 0.6) is 11.5 Å². The van der Waals surface area contributed by atoms with E-state index in [0.717, 1.165) is 0 Å². The van der Waals surface area contributed by atoms with E-state index in [0.29, 0.717) is 23.6 Å². The molecule has 2 N–H and O–H groups in total. The number of nitrogens with one attached hydrogen (secondary N) is 1. The molecule has 0 bridgehead atoms. The summed E-state index contributed by atoms with van der Waals surface area (Å²) in [4.78, 5) is 11.4. The lowest BCUT2D eigenvalue weighted by Crippen LogP contribution is -2.37. The Morgan fingerprint density at radius 3 is 2.90 bits per heavy atom. The van der Waals surface area contributed by atoms with E-state index in [1.807, 2.05) is 6.92 Å². The van der Waals surface area contributed by atoms with Gasteiger partial charge in [-0.2, -0.15) is 0 Å². The summed E-state index contributed by atoms with van der Waals surface area (Å²) in [6.45, 7) is 2.74. The molecule has 0 radical (unpaired) electrons. The second kappa shape index (κ2) is 6.58. The van der Waals surface area contributed by atoms with Crippen LogP contribution in [-0.4, -0.2) is 37.6 Å². The first kappa shape index (κ1) is 14.6. The number of aliphatic hydroxyl groups excluding tert-OH is 1. The highest BCUT2D eigenvalue weighted by Crippen LogP contribution is 2.35. The minimum absolute atomic E-state index is 0.0972. The third kappa shape index (κ3) is 3.20. The minimum atomic E-state index is -0.830. The van der Waals surface area contributed by atoms with E-state index in [-0.39, 0.29) is 19.2 Å². The van der Waals surface area contributed by atoms with Gasteiger partial charge in [-0.1, -0.05) is 13.0 Å². The summed E-state index contributed by atoms with van der Waals surface area (Å²) in [5.41, 5.74) is 0.670. The predicted octanol–water partition coefficient (Wildman–Crippen LogP) is 0.990. The molecule has 2 rings (SSSR count). The van der Waals surface area contributed by atoms with Crippen LogP contribution in [-0.2, 0) is 9.53 Å². The van der Waals surface area contributed by atoms with E-state index in [1.54, 1.807) is 18.2 Å². The van der Waals surface area contributed by atoms with Crippen LogP contribution in [0.25, 0.3) is 0 Å². The molecule has 0 aliphatic carbocycles. The van der Waals surface area contributed by atoms with Gasteiger partial charge in [0, 0.05) is 6.04 Å². The van der Waals surface area contributed by atoms with Crippen LogP contribution in [0.15, 0.2) is 18.2 Å². The van der Waals surface area contributed by atoms with Gasteiger partial charge in [-0.3, -0.25) is 4.79 Å². The molecule has 1 aliphatic heterocycles. The monoisotopic (exact) mass is 281 g/mol. The van der Waals surface area contributed by atoms with E-state index in [1.165, 1.54) is 7.11 Å². The standard InChI is InChI=1S/C14H19NO5/c1-3-15-10(7-13(16)18-2)14(17)9-4-5-11-12(6-9)20-8-19-11/h4-6,10,14-15,17H,3,7-8H2,1-2H3. The SMILES string of the molecule is CCNC(CC(=O)OC)C(O)c1ccc2c(c1)OCO2. The summed E-state index contributed by atoms with van der Waals surface area (Å²) >= 11 is 0. The number of carbonyl (C=O) groups is 1. The van der Waals surface area contributed by atoms with Crippen molar-refractivity contribution in [1.82, 2.24) is 5.32 Å². The largest absolute Gasteiger partial charge is 0.469 e. The molecule has 0 aromatic heterocycles. The highest BCUT2D eigenvalue weighted by molar-refractivity contribution is 5.70. The average Bonchev–Trinajstić information content (AvgIpc) is 2.93. The molecule has 1 aromatic carbocycles. The van der Waals surface area contributed by atoms with Gasteiger partial charge >= 0.3 is 5.97 Å². The molecule has 0 saturated heterocycles. The van der Waals surface area contributed by atoms with Gasteiger partial charge in [0.05, 0.1) is 19.6 Å². The molecule has 1 aliphatic rings. The maximum absolute atomic E-state index is 11.4. The molecule has 1 heterocycles. The number of carbonyl (C=O) groups excluding carboxylic acids is 1. The van der Waals surface area contributed by atoms with E-state index in [4.69, 9.17) is 9.47 Å². The summed E-state index contributed by atoms with van der Waals surface area (Å²) < 4.78 is 15.2. The predicted molar refractivity (Wildman–Crippen MR) is 71.6 cm³/mol. The van der Waals surface area contributed by atoms with Gasteiger partial charge in [-0.25, -0.2) is 0 Å². The molecule has 110 valence electrons. The fraction of sp³-hybridized carbons (Fsp3) is 0.500. The Bertz CT molecular complexity index is 477. The number of benzene rings is 1. The third-order valence-electron chi connectivity index (χ3n) is 3.20. The number of ether oxygens (including phenoxy) is 3. The Morgan fingerprint density at radius 2 is 2.20 bits per heavy atom. The maximum Gasteiger partial charge on any atom is 0.307 e. The van der Waals surface area contributed by atoms with Gasteiger partial charge < -0.3 is 24.6 Å². The molecular weight excluding hydrogens is 262 g/mol. The number of methoxy groups -OCH3 is 1. The van der Waals surface area contributed by atoms with Crippen molar-refractivity contribution >= 4 is 5.97 Å². The molecule has 6 heteroatoms. The summed E-state index contributed by atoms with van der Waals surface area (Å²) in [7, 11) is 1.33. The van der Waals surface area contributed by atoms with E-state index < -0.39 is 12.1 Å². The van der Waals surface area contributed by atoms with Gasteiger partial charge in [0.25, 0.3) is 0 Å². The number of aliphatic hydroxyl groups is 1. The number of hydrogen-bond donors (Lipinski definition) is 2. The van der Waals surface area contributed by atoms with Crippen LogP contribution in [0, 0.1) is 0 Å². The van der Waals surface area contributed by atoms with Crippen LogP contribution in [0.3, 0.4) is 0 Å².